The molecule has 1 aliphatic rings. The topological polar surface area (TPSA) is 61.5 Å². The van der Waals surface area contributed by atoms with Crippen molar-refractivity contribution in [3.63, 3.8) is 0 Å². The van der Waals surface area contributed by atoms with Crippen molar-refractivity contribution in [1.29, 1.82) is 0 Å². The summed E-state index contributed by atoms with van der Waals surface area (Å²) in [5.74, 6) is 1.28. The minimum Gasteiger partial charge on any atom is -0.349 e. The van der Waals surface area contributed by atoms with Crippen molar-refractivity contribution in [3.05, 3.63) is 76.3 Å². The molecule has 1 aliphatic heterocycles. The highest BCUT2D eigenvalue weighted by Crippen LogP contribution is 2.30. The maximum atomic E-state index is 6.30. The Labute approximate surface area is 156 Å². The van der Waals surface area contributed by atoms with E-state index in [0.717, 1.165) is 22.5 Å². The van der Waals surface area contributed by atoms with E-state index in [9.17, 15) is 0 Å². The maximum absolute atomic E-state index is 6.30. The summed E-state index contributed by atoms with van der Waals surface area (Å²) < 4.78 is 12.7. The number of benzene rings is 2. The Balaban J connectivity index is 1.95. The summed E-state index contributed by atoms with van der Waals surface area (Å²) in [6, 6.07) is 15.7. The van der Waals surface area contributed by atoms with Gasteiger partial charge in [-0.2, -0.15) is 0 Å². The van der Waals surface area contributed by atoms with Gasteiger partial charge in [0.25, 0.3) is 0 Å². The van der Waals surface area contributed by atoms with Crippen LogP contribution in [0.25, 0.3) is 5.69 Å². The Morgan fingerprint density at radius 1 is 1.04 bits per heavy atom. The van der Waals surface area contributed by atoms with Crippen LogP contribution in [0.5, 0.6) is 0 Å². The third kappa shape index (κ3) is 2.82. The van der Waals surface area contributed by atoms with E-state index in [1.54, 1.807) is 14.2 Å². The van der Waals surface area contributed by atoms with Gasteiger partial charge in [-0.15, -0.1) is 10.2 Å². The molecule has 26 heavy (non-hydrogen) atoms. The highest BCUT2D eigenvalue weighted by atomic mass is 35.5. The molecule has 0 saturated heterocycles. The lowest BCUT2D eigenvalue weighted by Crippen LogP contribution is -2.14. The fourth-order valence-electron chi connectivity index (χ4n) is 3.13. The molecule has 3 aromatic rings. The molecule has 0 N–H and O–H groups in total. The van der Waals surface area contributed by atoms with Gasteiger partial charge in [0.15, 0.2) is 11.6 Å². The normalized spacial score (nSPS) is 13.2. The predicted molar refractivity (Wildman–Crippen MR) is 98.9 cm³/mol. The third-order valence-electron chi connectivity index (χ3n) is 4.27. The molecule has 7 heteroatoms. The number of hydrogen-bond acceptors (Lipinski definition) is 5. The molecule has 0 unspecified atom stereocenters. The van der Waals surface area contributed by atoms with Gasteiger partial charge < -0.3 is 9.47 Å². The first-order valence-electron chi connectivity index (χ1n) is 8.13. The summed E-state index contributed by atoms with van der Waals surface area (Å²) in [7, 11) is 3.14. The number of ether oxygens (including phenoxy) is 2. The molecule has 0 saturated carbocycles. The number of aliphatic imine (C=N–C) groups is 1. The van der Waals surface area contributed by atoms with Gasteiger partial charge in [-0.1, -0.05) is 41.9 Å². The van der Waals surface area contributed by atoms with E-state index in [0.29, 0.717) is 23.2 Å². The van der Waals surface area contributed by atoms with Crippen molar-refractivity contribution < 1.29 is 9.47 Å². The van der Waals surface area contributed by atoms with Gasteiger partial charge in [-0.3, -0.25) is 9.56 Å². The average molecular weight is 369 g/mol. The lowest BCUT2D eigenvalue weighted by molar-refractivity contribution is -0.112. The molecule has 0 bridgehead atoms. The quantitative estimate of drug-likeness (QED) is 0.660. The van der Waals surface area contributed by atoms with Crippen LogP contribution in [-0.2, 0) is 16.0 Å². The van der Waals surface area contributed by atoms with Gasteiger partial charge in [0.1, 0.15) is 6.54 Å². The zero-order valence-electron chi connectivity index (χ0n) is 14.4. The molecule has 6 nitrogen and oxygen atoms in total. The van der Waals surface area contributed by atoms with Crippen molar-refractivity contribution >= 4 is 17.3 Å². The van der Waals surface area contributed by atoms with Crippen molar-refractivity contribution in [2.24, 2.45) is 4.99 Å². The van der Waals surface area contributed by atoms with Crippen LogP contribution >= 0.6 is 11.6 Å². The molecule has 1 aromatic heterocycles. The maximum Gasteiger partial charge on any atom is 0.219 e. The molecule has 0 radical (unpaired) electrons. The summed E-state index contributed by atoms with van der Waals surface area (Å²) in [5.41, 5.74) is 3.69. The zero-order valence-corrected chi connectivity index (χ0v) is 15.1. The molecule has 0 aliphatic carbocycles. The molecule has 2 aromatic carbocycles. The Bertz CT molecular complexity index is 965. The van der Waals surface area contributed by atoms with Crippen LogP contribution in [0.3, 0.4) is 0 Å². The molecular formula is C19H17ClN4O2. The van der Waals surface area contributed by atoms with Crippen molar-refractivity contribution in [3.8, 4) is 5.69 Å². The van der Waals surface area contributed by atoms with E-state index in [-0.39, 0.29) is 0 Å². The van der Waals surface area contributed by atoms with Crippen molar-refractivity contribution in [2.75, 3.05) is 14.2 Å². The fraction of sp³-hybridized carbons (Fsp3) is 0.211. The summed E-state index contributed by atoms with van der Waals surface area (Å²) in [4.78, 5) is 4.79. The Kier molecular flexibility index (Phi) is 4.55. The van der Waals surface area contributed by atoms with E-state index >= 15 is 0 Å². The Morgan fingerprint density at radius 2 is 1.81 bits per heavy atom. The van der Waals surface area contributed by atoms with Gasteiger partial charge in [-0.05, 0) is 18.2 Å². The Morgan fingerprint density at radius 3 is 2.54 bits per heavy atom. The smallest absolute Gasteiger partial charge is 0.219 e. The minimum absolute atomic E-state index is 0.393. The molecule has 0 amide bonds. The number of nitrogens with zero attached hydrogens (tertiary/aromatic N) is 4. The van der Waals surface area contributed by atoms with Gasteiger partial charge in [0.2, 0.25) is 6.29 Å². The first-order valence-corrected chi connectivity index (χ1v) is 8.50. The molecule has 0 atom stereocenters. The molecule has 2 heterocycles. The number of methoxy groups -OCH3 is 2. The van der Waals surface area contributed by atoms with Crippen LogP contribution in [0.1, 0.15) is 29.1 Å². The molecule has 4 rings (SSSR count). The van der Waals surface area contributed by atoms with Crippen LogP contribution in [-0.4, -0.2) is 34.7 Å². The van der Waals surface area contributed by atoms with Gasteiger partial charge in [0.05, 0.1) is 11.4 Å². The van der Waals surface area contributed by atoms with Gasteiger partial charge in [-0.25, -0.2) is 0 Å². The zero-order chi connectivity index (χ0) is 18.1. The van der Waals surface area contributed by atoms with Crippen LogP contribution in [0.4, 0.5) is 0 Å². The number of aromatic nitrogens is 3. The van der Waals surface area contributed by atoms with Gasteiger partial charge >= 0.3 is 0 Å². The second-order valence-corrected chi connectivity index (χ2v) is 6.24. The average Bonchev–Trinajstić information content (AvgIpc) is 3.00. The fourth-order valence-corrected chi connectivity index (χ4v) is 3.30. The minimum atomic E-state index is -0.627. The van der Waals surface area contributed by atoms with E-state index in [1.807, 2.05) is 53.1 Å². The number of halogens is 1. The Hall–Kier alpha value is -2.54. The number of fused-ring (bicyclic) bond motifs is 3. The molecule has 132 valence electrons. The lowest BCUT2D eigenvalue weighted by Gasteiger charge is -2.17. The highest BCUT2D eigenvalue weighted by Gasteiger charge is 2.27. The van der Waals surface area contributed by atoms with Crippen LogP contribution in [0.15, 0.2) is 53.5 Å². The van der Waals surface area contributed by atoms with Crippen LogP contribution in [0.2, 0.25) is 5.02 Å². The molecule has 0 fully saturated rings. The second kappa shape index (κ2) is 6.99. The molecule has 0 spiro atoms. The standard InChI is InChI=1S/C19H17ClN4O2/c1-25-19(26-2)18-23-22-16-11-21-17(12-6-4-3-5-7-12)14-10-13(20)8-9-15(14)24(16)18/h3-10,19H,11H2,1-2H3. The number of hydrogen-bond donors (Lipinski definition) is 0. The molecular weight excluding hydrogens is 352 g/mol. The van der Waals surface area contributed by atoms with Gasteiger partial charge in [0, 0.05) is 30.4 Å². The summed E-state index contributed by atoms with van der Waals surface area (Å²) in [5, 5.41) is 9.20. The van der Waals surface area contributed by atoms with E-state index in [2.05, 4.69) is 10.2 Å². The second-order valence-electron chi connectivity index (χ2n) is 5.81. The van der Waals surface area contributed by atoms with E-state index < -0.39 is 6.29 Å². The SMILES string of the molecule is COC(OC)c1nnc2n1-c1ccc(Cl)cc1C(c1ccccc1)=NC2. The summed E-state index contributed by atoms with van der Waals surface area (Å²) in [6.07, 6.45) is -0.627. The third-order valence-corrected chi connectivity index (χ3v) is 4.51. The van der Waals surface area contributed by atoms with E-state index in [4.69, 9.17) is 26.1 Å². The van der Waals surface area contributed by atoms with E-state index in [1.165, 1.54) is 0 Å². The first kappa shape index (κ1) is 16.9. The largest absolute Gasteiger partial charge is 0.349 e. The van der Waals surface area contributed by atoms with Crippen LogP contribution < -0.4 is 0 Å². The monoisotopic (exact) mass is 368 g/mol. The summed E-state index contributed by atoms with van der Waals surface area (Å²) in [6.45, 7) is 0.393. The predicted octanol–water partition coefficient (Wildman–Crippen LogP) is 3.56. The van der Waals surface area contributed by atoms with Crippen molar-refractivity contribution in [2.45, 2.75) is 12.8 Å². The van der Waals surface area contributed by atoms with Crippen LogP contribution in [0, 0.1) is 0 Å². The first-order chi connectivity index (χ1) is 12.7. The van der Waals surface area contributed by atoms with Crippen molar-refractivity contribution in [1.82, 2.24) is 14.8 Å². The summed E-state index contributed by atoms with van der Waals surface area (Å²) >= 11 is 6.30. The number of rotatable bonds is 4. The highest BCUT2D eigenvalue weighted by molar-refractivity contribution is 6.31. The lowest BCUT2D eigenvalue weighted by atomic mass is 10.0.